The third kappa shape index (κ3) is 5.39. The molecule has 0 aliphatic heterocycles. The predicted molar refractivity (Wildman–Crippen MR) is 41.1 cm³/mol. The van der Waals surface area contributed by atoms with Gasteiger partial charge in [0.25, 0.3) is 0 Å². The van der Waals surface area contributed by atoms with Crippen LogP contribution >= 0.6 is 0 Å². The molecular weight excluding hydrogens is 110 g/mol. The van der Waals surface area contributed by atoms with Crippen LogP contribution in [0.1, 0.15) is 20.8 Å². The molecule has 0 aromatic rings. The third-order valence-corrected chi connectivity index (χ3v) is 1.08. The van der Waals surface area contributed by atoms with Crippen molar-refractivity contribution < 1.29 is 0 Å². The lowest BCUT2D eigenvalue weighted by Crippen LogP contribution is -2.27. The maximum atomic E-state index is 5.15. The molecule has 0 rings (SSSR count). The zero-order valence-corrected chi connectivity index (χ0v) is 6.44. The van der Waals surface area contributed by atoms with Gasteiger partial charge in [-0.3, -0.25) is 0 Å². The van der Waals surface area contributed by atoms with E-state index >= 15 is 0 Å². The van der Waals surface area contributed by atoms with E-state index in [1.807, 2.05) is 6.92 Å². The Labute approximate surface area is 57.8 Å². The van der Waals surface area contributed by atoms with Crippen LogP contribution < -0.4 is 5.32 Å². The van der Waals surface area contributed by atoms with Crippen LogP contribution in [-0.4, -0.2) is 12.6 Å². The maximum Gasteiger partial charge on any atom is 0.0658 e. The van der Waals surface area contributed by atoms with E-state index in [0.717, 1.165) is 6.54 Å². The van der Waals surface area contributed by atoms with E-state index in [-0.39, 0.29) is 6.04 Å². The van der Waals surface area contributed by atoms with E-state index in [4.69, 9.17) is 6.42 Å². The molecule has 0 fully saturated rings. The summed E-state index contributed by atoms with van der Waals surface area (Å²) in [6.45, 7) is 7.32. The molecule has 1 unspecified atom stereocenters. The van der Waals surface area contributed by atoms with Crippen LogP contribution in [0.5, 0.6) is 0 Å². The summed E-state index contributed by atoms with van der Waals surface area (Å²) in [6, 6.07) is 0.215. The molecule has 0 aliphatic rings. The molecule has 0 radical (unpaired) electrons. The van der Waals surface area contributed by atoms with Crippen molar-refractivity contribution in [3.05, 3.63) is 0 Å². The first-order valence-electron chi connectivity index (χ1n) is 3.36. The van der Waals surface area contributed by atoms with Crippen molar-refractivity contribution in [2.75, 3.05) is 6.54 Å². The van der Waals surface area contributed by atoms with Crippen molar-refractivity contribution in [1.29, 1.82) is 0 Å². The number of hydrogen-bond acceptors (Lipinski definition) is 1. The van der Waals surface area contributed by atoms with Crippen LogP contribution in [-0.2, 0) is 0 Å². The second-order valence-electron chi connectivity index (χ2n) is 2.69. The van der Waals surface area contributed by atoms with Crippen molar-refractivity contribution in [2.24, 2.45) is 5.92 Å². The van der Waals surface area contributed by atoms with Crippen molar-refractivity contribution in [1.82, 2.24) is 5.32 Å². The maximum absolute atomic E-state index is 5.15. The molecule has 0 heterocycles. The quantitative estimate of drug-likeness (QED) is 0.560. The van der Waals surface area contributed by atoms with E-state index < -0.39 is 0 Å². The first kappa shape index (κ1) is 8.52. The molecule has 0 saturated carbocycles. The van der Waals surface area contributed by atoms with Crippen molar-refractivity contribution in [2.45, 2.75) is 26.8 Å². The van der Waals surface area contributed by atoms with E-state index in [1.165, 1.54) is 0 Å². The molecule has 0 aromatic carbocycles. The first-order valence-corrected chi connectivity index (χ1v) is 3.36. The van der Waals surface area contributed by atoms with Gasteiger partial charge in [-0.05, 0) is 19.4 Å². The lowest BCUT2D eigenvalue weighted by atomic mass is 10.2. The Bertz CT molecular complexity index is 99.6. The van der Waals surface area contributed by atoms with Crippen molar-refractivity contribution >= 4 is 0 Å². The molecule has 0 saturated heterocycles. The van der Waals surface area contributed by atoms with Crippen molar-refractivity contribution in [3.8, 4) is 12.3 Å². The Morgan fingerprint density at radius 2 is 2.00 bits per heavy atom. The van der Waals surface area contributed by atoms with Crippen LogP contribution in [0.3, 0.4) is 0 Å². The fraction of sp³-hybridized carbons (Fsp3) is 0.750. The van der Waals surface area contributed by atoms with Crippen molar-refractivity contribution in [3.63, 3.8) is 0 Å². The van der Waals surface area contributed by atoms with Gasteiger partial charge in [0.05, 0.1) is 6.04 Å². The van der Waals surface area contributed by atoms with Gasteiger partial charge in [0.1, 0.15) is 0 Å². The summed E-state index contributed by atoms with van der Waals surface area (Å²) in [6.07, 6.45) is 5.15. The minimum atomic E-state index is 0.215. The fourth-order valence-corrected chi connectivity index (χ4v) is 0.471. The average Bonchev–Trinajstić information content (AvgIpc) is 1.83. The van der Waals surface area contributed by atoms with Crippen LogP contribution in [0, 0.1) is 18.3 Å². The number of rotatable bonds is 3. The lowest BCUT2D eigenvalue weighted by molar-refractivity contribution is 0.534. The highest BCUT2D eigenvalue weighted by Gasteiger charge is 1.95. The standard InChI is InChI=1S/C8H15N/c1-5-8(4)9-6-7(2)3/h1,7-9H,6H2,2-4H3. The second kappa shape index (κ2) is 4.40. The molecule has 0 bridgehead atoms. The van der Waals surface area contributed by atoms with E-state index in [9.17, 15) is 0 Å². The van der Waals surface area contributed by atoms with E-state index in [1.54, 1.807) is 0 Å². The van der Waals surface area contributed by atoms with Crippen LogP contribution in [0.25, 0.3) is 0 Å². The molecule has 52 valence electrons. The summed E-state index contributed by atoms with van der Waals surface area (Å²) in [5.41, 5.74) is 0. The predicted octanol–water partition coefficient (Wildman–Crippen LogP) is 1.25. The molecule has 1 nitrogen and oxygen atoms in total. The molecule has 0 aliphatic carbocycles. The molecule has 0 spiro atoms. The van der Waals surface area contributed by atoms with Crippen LogP contribution in [0.2, 0.25) is 0 Å². The monoisotopic (exact) mass is 125 g/mol. The largest absolute Gasteiger partial charge is 0.304 e. The number of hydrogen-bond donors (Lipinski definition) is 1. The summed E-state index contributed by atoms with van der Waals surface area (Å²) < 4.78 is 0. The summed E-state index contributed by atoms with van der Waals surface area (Å²) in [4.78, 5) is 0. The van der Waals surface area contributed by atoms with E-state index in [0.29, 0.717) is 5.92 Å². The van der Waals surface area contributed by atoms with Gasteiger partial charge in [-0.1, -0.05) is 19.8 Å². The molecule has 0 amide bonds. The molecule has 1 heteroatoms. The fourth-order valence-electron chi connectivity index (χ4n) is 0.471. The van der Waals surface area contributed by atoms with Gasteiger partial charge < -0.3 is 5.32 Å². The Morgan fingerprint density at radius 1 is 1.44 bits per heavy atom. The highest BCUT2D eigenvalue weighted by atomic mass is 14.9. The van der Waals surface area contributed by atoms with Gasteiger partial charge in [0, 0.05) is 0 Å². The molecule has 1 atom stereocenters. The minimum absolute atomic E-state index is 0.215. The van der Waals surface area contributed by atoms with Crippen LogP contribution in [0.4, 0.5) is 0 Å². The highest BCUT2D eigenvalue weighted by Crippen LogP contribution is 1.88. The van der Waals surface area contributed by atoms with E-state index in [2.05, 4.69) is 25.1 Å². The first-order chi connectivity index (χ1) is 4.16. The van der Waals surface area contributed by atoms with Gasteiger partial charge in [0.15, 0.2) is 0 Å². The van der Waals surface area contributed by atoms with Crippen LogP contribution in [0.15, 0.2) is 0 Å². The Hall–Kier alpha value is -0.480. The number of nitrogens with one attached hydrogen (secondary N) is 1. The zero-order chi connectivity index (χ0) is 7.28. The zero-order valence-electron chi connectivity index (χ0n) is 6.44. The smallest absolute Gasteiger partial charge is 0.0658 e. The topological polar surface area (TPSA) is 12.0 Å². The summed E-state index contributed by atoms with van der Waals surface area (Å²) in [5, 5.41) is 3.20. The molecular formula is C8H15N. The van der Waals surface area contributed by atoms with Gasteiger partial charge in [-0.15, -0.1) is 6.42 Å². The van der Waals surface area contributed by atoms with Gasteiger partial charge in [0.2, 0.25) is 0 Å². The molecule has 1 N–H and O–H groups in total. The molecule has 0 aromatic heterocycles. The lowest BCUT2D eigenvalue weighted by Gasteiger charge is -2.08. The number of terminal acetylenes is 1. The normalized spacial score (nSPS) is 13.2. The van der Waals surface area contributed by atoms with Gasteiger partial charge in [-0.25, -0.2) is 0 Å². The second-order valence-corrected chi connectivity index (χ2v) is 2.69. The third-order valence-electron chi connectivity index (χ3n) is 1.08. The van der Waals surface area contributed by atoms with Gasteiger partial charge >= 0.3 is 0 Å². The summed E-state index contributed by atoms with van der Waals surface area (Å²) in [5.74, 6) is 3.29. The molecule has 9 heavy (non-hydrogen) atoms. The Balaban J connectivity index is 3.19. The minimum Gasteiger partial charge on any atom is -0.304 e. The average molecular weight is 125 g/mol. The Morgan fingerprint density at radius 3 is 2.33 bits per heavy atom. The van der Waals surface area contributed by atoms with Gasteiger partial charge in [-0.2, -0.15) is 0 Å². The summed E-state index contributed by atoms with van der Waals surface area (Å²) >= 11 is 0. The highest BCUT2D eigenvalue weighted by molar-refractivity contribution is 4.95. The Kier molecular flexibility index (Phi) is 4.17. The summed E-state index contributed by atoms with van der Waals surface area (Å²) in [7, 11) is 0. The SMILES string of the molecule is C#CC(C)NCC(C)C.